The van der Waals surface area contributed by atoms with Gasteiger partial charge in [-0.15, -0.1) is 0 Å². The van der Waals surface area contributed by atoms with Crippen molar-refractivity contribution < 1.29 is 17.5 Å². The molecule has 0 amide bonds. The Hall–Kier alpha value is -2.03. The Morgan fingerprint density at radius 3 is 2.38 bits per heavy atom. The van der Waals surface area contributed by atoms with Crippen LogP contribution in [0.2, 0.25) is 0 Å². The number of hydrogen-bond acceptors (Lipinski definition) is 4. The molecule has 1 N–H and O–H groups in total. The van der Waals surface area contributed by atoms with Crippen molar-refractivity contribution in [2.75, 3.05) is 6.61 Å². The third-order valence-electron chi connectivity index (χ3n) is 7.70. The predicted molar refractivity (Wildman–Crippen MR) is 129 cm³/mol. The molecule has 2 atom stereocenters. The predicted octanol–water partition coefficient (Wildman–Crippen LogP) is 3.98. The number of nitrogens with one attached hydrogen (secondary N) is 1. The molecule has 0 unspecified atom stereocenters. The Bertz CT molecular complexity index is 1180. The van der Waals surface area contributed by atoms with E-state index in [0.29, 0.717) is 43.8 Å². The highest BCUT2D eigenvalue weighted by atomic mass is 32.2. The van der Waals surface area contributed by atoms with Gasteiger partial charge in [-0.1, -0.05) is 18.2 Å². The van der Waals surface area contributed by atoms with E-state index in [1.807, 2.05) is 24.3 Å². The average Bonchev–Trinajstić information content (AvgIpc) is 3.68. The lowest BCUT2D eigenvalue weighted by molar-refractivity contribution is -0.00170. The van der Waals surface area contributed by atoms with Crippen LogP contribution in [0, 0.1) is 12.7 Å². The standard InChI is InChI=1S/C26H33FN2O4S/c1-17-2-9-21-10-15-24(28-34(31,32)23-13-14-23)25(29(21)26(17)30)16-33-22-11-5-19(6-12-22)18-3-7-20(27)8-4-18/h2-4,7-9,19,22-25,28H,5-6,10-16H2,1H3/t19?,22?,24-,25-/m0/s1. The molecule has 1 aromatic carbocycles. The van der Waals surface area contributed by atoms with Crippen molar-refractivity contribution in [3.8, 4) is 0 Å². The van der Waals surface area contributed by atoms with Gasteiger partial charge in [0.1, 0.15) is 5.82 Å². The van der Waals surface area contributed by atoms with Crippen LogP contribution in [0.25, 0.3) is 0 Å². The van der Waals surface area contributed by atoms with E-state index in [2.05, 4.69) is 4.72 Å². The van der Waals surface area contributed by atoms with Gasteiger partial charge < -0.3 is 9.30 Å². The summed E-state index contributed by atoms with van der Waals surface area (Å²) in [5.41, 5.74) is 2.68. The Kier molecular flexibility index (Phi) is 6.66. The number of fused-ring (bicyclic) bond motifs is 1. The van der Waals surface area contributed by atoms with E-state index in [0.717, 1.165) is 36.9 Å². The van der Waals surface area contributed by atoms with Crippen LogP contribution in [-0.4, -0.2) is 37.0 Å². The van der Waals surface area contributed by atoms with Crippen LogP contribution in [0.15, 0.2) is 41.2 Å². The molecule has 2 heterocycles. The Morgan fingerprint density at radius 1 is 1.00 bits per heavy atom. The molecule has 2 aromatic rings. The molecule has 8 heteroatoms. The number of pyridine rings is 1. The van der Waals surface area contributed by atoms with Crippen LogP contribution in [0.3, 0.4) is 0 Å². The highest BCUT2D eigenvalue weighted by Gasteiger charge is 2.40. The molecular formula is C26H33FN2O4S. The number of rotatable bonds is 7. The third kappa shape index (κ3) is 4.99. The quantitative estimate of drug-likeness (QED) is 0.640. The maximum absolute atomic E-state index is 13.2. The normalized spacial score (nSPS) is 27.4. The van der Waals surface area contributed by atoms with E-state index < -0.39 is 10.0 Å². The maximum Gasteiger partial charge on any atom is 0.254 e. The van der Waals surface area contributed by atoms with Crippen LogP contribution in [0.4, 0.5) is 4.39 Å². The second kappa shape index (κ2) is 9.55. The van der Waals surface area contributed by atoms with Gasteiger partial charge in [-0.3, -0.25) is 4.79 Å². The van der Waals surface area contributed by atoms with Gasteiger partial charge in [-0.2, -0.15) is 0 Å². The number of hydrogen-bond donors (Lipinski definition) is 1. The second-order valence-corrected chi connectivity index (χ2v) is 12.1. The van der Waals surface area contributed by atoms with Crippen LogP contribution in [-0.2, 0) is 21.2 Å². The summed E-state index contributed by atoms with van der Waals surface area (Å²) in [5.74, 6) is 0.185. The summed E-state index contributed by atoms with van der Waals surface area (Å²) < 4.78 is 49.7. The number of benzene rings is 1. The highest BCUT2D eigenvalue weighted by Crippen LogP contribution is 2.35. The van der Waals surface area contributed by atoms with Gasteiger partial charge in [0.15, 0.2) is 0 Å². The third-order valence-corrected chi connectivity index (χ3v) is 9.68. The molecule has 3 aliphatic rings. The van der Waals surface area contributed by atoms with Crippen molar-refractivity contribution >= 4 is 10.0 Å². The van der Waals surface area contributed by atoms with Crippen LogP contribution < -0.4 is 10.3 Å². The number of ether oxygens (including phenoxy) is 1. The van der Waals surface area contributed by atoms with Crippen molar-refractivity contribution in [2.24, 2.45) is 0 Å². The summed E-state index contributed by atoms with van der Waals surface area (Å²) >= 11 is 0. The zero-order chi connectivity index (χ0) is 23.9. The smallest absolute Gasteiger partial charge is 0.254 e. The van der Waals surface area contributed by atoms with Gasteiger partial charge in [0.05, 0.1) is 24.0 Å². The van der Waals surface area contributed by atoms with Gasteiger partial charge in [0.25, 0.3) is 5.56 Å². The molecule has 1 aromatic heterocycles. The molecule has 0 saturated heterocycles. The number of halogens is 1. The average molecular weight is 489 g/mol. The summed E-state index contributed by atoms with van der Waals surface area (Å²) in [7, 11) is -3.38. The van der Waals surface area contributed by atoms with Gasteiger partial charge >= 0.3 is 0 Å². The zero-order valence-electron chi connectivity index (χ0n) is 19.6. The Labute approximate surface area is 200 Å². The molecule has 2 fully saturated rings. The highest BCUT2D eigenvalue weighted by molar-refractivity contribution is 7.90. The topological polar surface area (TPSA) is 77.4 Å². The van der Waals surface area contributed by atoms with Crippen molar-refractivity contribution in [1.29, 1.82) is 0 Å². The molecule has 0 bridgehead atoms. The fourth-order valence-corrected chi connectivity index (χ4v) is 7.13. The first-order valence-corrected chi connectivity index (χ1v) is 14.0. The molecule has 2 aliphatic carbocycles. The molecule has 5 rings (SSSR count). The van der Waals surface area contributed by atoms with E-state index in [-0.39, 0.29) is 34.8 Å². The monoisotopic (exact) mass is 488 g/mol. The van der Waals surface area contributed by atoms with E-state index in [9.17, 15) is 17.6 Å². The lowest BCUT2D eigenvalue weighted by atomic mass is 9.82. The number of sulfonamides is 1. The van der Waals surface area contributed by atoms with Gasteiger partial charge in [-0.05, 0) is 88.0 Å². The number of nitrogens with zero attached hydrogens (tertiary/aromatic N) is 1. The van der Waals surface area contributed by atoms with E-state index in [4.69, 9.17) is 4.74 Å². The molecule has 184 valence electrons. The van der Waals surface area contributed by atoms with Crippen LogP contribution in [0.1, 0.15) is 73.7 Å². The summed E-state index contributed by atoms with van der Waals surface area (Å²) in [5, 5.41) is -0.300. The van der Waals surface area contributed by atoms with Crippen molar-refractivity contribution in [3.05, 3.63) is 69.4 Å². The second-order valence-electron chi connectivity index (χ2n) is 10.1. The van der Waals surface area contributed by atoms with Crippen molar-refractivity contribution in [1.82, 2.24) is 9.29 Å². The number of aromatic nitrogens is 1. The molecule has 0 spiro atoms. The first-order chi connectivity index (χ1) is 16.3. The lowest BCUT2D eigenvalue weighted by Gasteiger charge is -2.37. The fraction of sp³-hybridized carbons (Fsp3) is 0.577. The number of aryl methyl sites for hydroxylation is 2. The Balaban J connectivity index is 1.28. The first-order valence-electron chi connectivity index (χ1n) is 12.4. The molecule has 1 aliphatic heterocycles. The largest absolute Gasteiger partial charge is 0.376 e. The minimum absolute atomic E-state index is 0.0681. The summed E-state index contributed by atoms with van der Waals surface area (Å²) in [6.07, 6.45) is 6.51. The van der Waals surface area contributed by atoms with Crippen LogP contribution in [0.5, 0.6) is 0 Å². The molecule has 34 heavy (non-hydrogen) atoms. The van der Waals surface area contributed by atoms with E-state index in [1.165, 1.54) is 12.1 Å². The molecular weight excluding hydrogens is 455 g/mol. The summed E-state index contributed by atoms with van der Waals surface area (Å²) in [4.78, 5) is 13.1. The van der Waals surface area contributed by atoms with E-state index >= 15 is 0 Å². The van der Waals surface area contributed by atoms with Gasteiger partial charge in [0, 0.05) is 17.3 Å². The minimum atomic E-state index is -3.38. The Morgan fingerprint density at radius 2 is 1.71 bits per heavy atom. The summed E-state index contributed by atoms with van der Waals surface area (Å²) in [6.45, 7) is 2.10. The van der Waals surface area contributed by atoms with E-state index in [1.54, 1.807) is 11.5 Å². The maximum atomic E-state index is 13.2. The molecule has 2 saturated carbocycles. The van der Waals surface area contributed by atoms with Crippen molar-refractivity contribution in [2.45, 2.75) is 87.6 Å². The molecule has 6 nitrogen and oxygen atoms in total. The van der Waals surface area contributed by atoms with Gasteiger partial charge in [0.2, 0.25) is 10.0 Å². The zero-order valence-corrected chi connectivity index (χ0v) is 20.4. The lowest BCUT2D eigenvalue weighted by Crippen LogP contribution is -2.50. The van der Waals surface area contributed by atoms with Crippen molar-refractivity contribution in [3.63, 3.8) is 0 Å². The summed E-state index contributed by atoms with van der Waals surface area (Å²) in [6, 6.07) is 9.87. The minimum Gasteiger partial charge on any atom is -0.376 e. The van der Waals surface area contributed by atoms with Gasteiger partial charge in [-0.25, -0.2) is 17.5 Å². The first kappa shape index (κ1) is 23.7. The SMILES string of the molecule is Cc1ccc2n(c1=O)[C@@H](COC1CCC(c3ccc(F)cc3)CC1)[C@@H](NS(=O)(=O)C1CC1)CC2. The van der Waals surface area contributed by atoms with Crippen LogP contribution >= 0.6 is 0 Å². The molecule has 0 radical (unpaired) electrons. The fourth-order valence-electron chi connectivity index (χ4n) is 5.48.